The third-order valence-corrected chi connectivity index (χ3v) is 5.85. The Kier molecular flexibility index (Phi) is 14.2. The Bertz CT molecular complexity index is 967. The molecule has 0 heterocycles. The third kappa shape index (κ3) is 11.6. The predicted molar refractivity (Wildman–Crippen MR) is 143 cm³/mol. The van der Waals surface area contributed by atoms with Crippen LogP contribution in [0.2, 0.25) is 0 Å². The summed E-state index contributed by atoms with van der Waals surface area (Å²) in [5.41, 5.74) is 5.47. The number of nitrogens with one attached hydrogen (secondary N) is 2. The summed E-state index contributed by atoms with van der Waals surface area (Å²) in [5.74, 6) is -3.14. The molecule has 0 aliphatic rings. The number of ether oxygens (including phenoxy) is 2. The van der Waals surface area contributed by atoms with Crippen molar-refractivity contribution >= 4 is 23.8 Å². The number of hydrogen-bond donors (Lipinski definition) is 7. The maximum absolute atomic E-state index is 12.8. The molecule has 1 rings (SSSR count). The van der Waals surface area contributed by atoms with Crippen molar-refractivity contribution in [2.24, 2.45) is 17.1 Å². The number of rotatable bonds is 15. The van der Waals surface area contributed by atoms with E-state index in [4.69, 9.17) is 15.2 Å². The molecular weight excluding hydrogens is 526 g/mol. The molecule has 1 aromatic rings. The lowest BCUT2D eigenvalue weighted by atomic mass is 9.98. The first-order chi connectivity index (χ1) is 18.6. The van der Waals surface area contributed by atoms with Gasteiger partial charge in [0.15, 0.2) is 6.10 Å². The molecule has 2 amide bonds. The highest BCUT2D eigenvalue weighted by molar-refractivity contribution is 5.83. The molecule has 8 N–H and O–H groups in total. The highest BCUT2D eigenvalue weighted by Crippen LogP contribution is 2.19. The summed E-state index contributed by atoms with van der Waals surface area (Å²) in [6, 6.07) is 4.82. The van der Waals surface area contributed by atoms with Crippen molar-refractivity contribution in [2.45, 2.75) is 83.9 Å². The standard InChI is InChI=1S/C27H43N3O10/c1-15(2)11-17(28)24(36)30-19(13-31)21(33)22(34)23(35)25(37)29-18(16-9-7-6-8-10-16)12-20(32)39-14-40-26(38)27(3,4)5/h6-10,15,17-19,21-23,31,33-35H,11-14,28H2,1-5H3,(H,29,37)(H,30,36). The largest absolute Gasteiger partial charge is 0.428 e. The summed E-state index contributed by atoms with van der Waals surface area (Å²) in [4.78, 5) is 49.4. The topological polar surface area (TPSA) is 218 Å². The van der Waals surface area contributed by atoms with Crippen LogP contribution in [0.1, 0.15) is 59.1 Å². The highest BCUT2D eigenvalue weighted by Gasteiger charge is 2.37. The van der Waals surface area contributed by atoms with Gasteiger partial charge in [0, 0.05) is 0 Å². The Morgan fingerprint density at radius 2 is 1.52 bits per heavy atom. The number of benzene rings is 1. The first kappa shape index (κ1) is 34.9. The molecule has 6 unspecified atom stereocenters. The molecule has 0 fully saturated rings. The molecule has 0 spiro atoms. The van der Waals surface area contributed by atoms with E-state index in [1.807, 2.05) is 13.8 Å². The minimum absolute atomic E-state index is 0.0997. The van der Waals surface area contributed by atoms with E-state index in [9.17, 15) is 39.6 Å². The van der Waals surface area contributed by atoms with Crippen LogP contribution in [0.25, 0.3) is 0 Å². The van der Waals surface area contributed by atoms with Crippen molar-refractivity contribution in [1.82, 2.24) is 10.6 Å². The Hall–Kier alpha value is -3.10. The Balaban J connectivity index is 2.87. The van der Waals surface area contributed by atoms with Crippen LogP contribution in [0.5, 0.6) is 0 Å². The Morgan fingerprint density at radius 3 is 2.05 bits per heavy atom. The number of nitrogens with two attached hydrogens (primary N) is 1. The molecule has 0 aliphatic heterocycles. The van der Waals surface area contributed by atoms with E-state index in [0.29, 0.717) is 12.0 Å². The summed E-state index contributed by atoms with van der Waals surface area (Å²) in [7, 11) is 0. The van der Waals surface area contributed by atoms with Crippen molar-refractivity contribution in [3.63, 3.8) is 0 Å². The molecule has 0 aliphatic carbocycles. The van der Waals surface area contributed by atoms with E-state index in [2.05, 4.69) is 10.6 Å². The van der Waals surface area contributed by atoms with Crippen LogP contribution in [-0.4, -0.2) is 88.0 Å². The van der Waals surface area contributed by atoms with E-state index in [1.54, 1.807) is 51.1 Å². The molecule has 0 radical (unpaired) electrons. The second-order valence-electron chi connectivity index (χ2n) is 11.0. The van der Waals surface area contributed by atoms with Gasteiger partial charge in [0.2, 0.25) is 12.7 Å². The summed E-state index contributed by atoms with van der Waals surface area (Å²) in [6.45, 7) is 7.16. The lowest BCUT2D eigenvalue weighted by Gasteiger charge is -2.30. The normalized spacial score (nSPS) is 16.2. The lowest BCUT2D eigenvalue weighted by molar-refractivity contribution is -0.173. The number of aliphatic hydroxyl groups is 4. The summed E-state index contributed by atoms with van der Waals surface area (Å²) < 4.78 is 9.86. The molecule has 13 nitrogen and oxygen atoms in total. The smallest absolute Gasteiger partial charge is 0.314 e. The molecule has 0 saturated heterocycles. The number of hydrogen-bond acceptors (Lipinski definition) is 11. The van der Waals surface area contributed by atoms with Crippen molar-refractivity contribution < 1.29 is 49.1 Å². The first-order valence-electron chi connectivity index (χ1n) is 13.0. The minimum atomic E-state index is -2.21. The highest BCUT2D eigenvalue weighted by atomic mass is 16.7. The van der Waals surface area contributed by atoms with Crippen molar-refractivity contribution in [3.05, 3.63) is 35.9 Å². The van der Waals surface area contributed by atoms with Gasteiger partial charge in [-0.25, -0.2) is 0 Å². The lowest BCUT2D eigenvalue weighted by Crippen LogP contribution is -2.58. The number of aliphatic hydroxyl groups excluding tert-OH is 4. The van der Waals surface area contributed by atoms with Gasteiger partial charge < -0.3 is 46.3 Å². The predicted octanol–water partition coefficient (Wildman–Crippen LogP) is -0.743. The second-order valence-corrected chi connectivity index (χ2v) is 11.0. The summed E-state index contributed by atoms with van der Waals surface area (Å²) >= 11 is 0. The van der Waals surface area contributed by atoms with Gasteiger partial charge in [-0.2, -0.15) is 0 Å². The van der Waals surface area contributed by atoms with Crippen LogP contribution in [0.3, 0.4) is 0 Å². The van der Waals surface area contributed by atoms with E-state index in [-0.39, 0.29) is 5.92 Å². The van der Waals surface area contributed by atoms with Gasteiger partial charge in [0.05, 0.1) is 36.6 Å². The van der Waals surface area contributed by atoms with Crippen LogP contribution < -0.4 is 16.4 Å². The van der Waals surface area contributed by atoms with Crippen LogP contribution in [0, 0.1) is 11.3 Å². The van der Waals surface area contributed by atoms with Crippen LogP contribution in [0.4, 0.5) is 0 Å². The van der Waals surface area contributed by atoms with Gasteiger partial charge in [-0.15, -0.1) is 0 Å². The number of carbonyl (C=O) groups excluding carboxylic acids is 4. The van der Waals surface area contributed by atoms with Crippen molar-refractivity contribution in [3.8, 4) is 0 Å². The first-order valence-corrected chi connectivity index (χ1v) is 13.0. The van der Waals surface area contributed by atoms with E-state index in [0.717, 1.165) is 0 Å². The summed E-state index contributed by atoms with van der Waals surface area (Å²) in [5, 5.41) is 45.8. The average Bonchev–Trinajstić information content (AvgIpc) is 2.89. The molecule has 40 heavy (non-hydrogen) atoms. The zero-order valence-corrected chi connectivity index (χ0v) is 23.6. The van der Waals surface area contributed by atoms with Crippen LogP contribution >= 0.6 is 0 Å². The molecule has 0 saturated carbocycles. The SMILES string of the molecule is CC(C)CC(N)C(=O)NC(CO)C(O)C(O)C(O)C(=O)NC(CC(=O)OCOC(=O)C(C)(C)C)c1ccccc1. The van der Waals surface area contributed by atoms with E-state index >= 15 is 0 Å². The fraction of sp³-hybridized carbons (Fsp3) is 0.630. The van der Waals surface area contributed by atoms with Crippen molar-refractivity contribution in [2.75, 3.05) is 13.4 Å². The van der Waals surface area contributed by atoms with E-state index in [1.165, 1.54) is 0 Å². The molecule has 6 atom stereocenters. The molecule has 226 valence electrons. The third-order valence-electron chi connectivity index (χ3n) is 5.85. The van der Waals surface area contributed by atoms with Gasteiger partial charge in [0.25, 0.3) is 5.91 Å². The maximum Gasteiger partial charge on any atom is 0.314 e. The zero-order valence-electron chi connectivity index (χ0n) is 23.6. The average molecular weight is 570 g/mol. The van der Waals surface area contributed by atoms with E-state index < -0.39 is 85.4 Å². The van der Waals surface area contributed by atoms with Crippen LogP contribution in [0.15, 0.2) is 30.3 Å². The molecule has 0 aromatic heterocycles. The maximum atomic E-state index is 12.8. The fourth-order valence-corrected chi connectivity index (χ4v) is 3.51. The molecule has 0 bridgehead atoms. The van der Waals surface area contributed by atoms with Gasteiger partial charge in [-0.3, -0.25) is 19.2 Å². The quantitative estimate of drug-likeness (QED) is 0.103. The summed E-state index contributed by atoms with van der Waals surface area (Å²) in [6.07, 6.45) is -6.37. The molecular formula is C27H43N3O10. The zero-order chi connectivity index (χ0) is 30.6. The monoisotopic (exact) mass is 569 g/mol. The molecule has 1 aromatic carbocycles. The minimum Gasteiger partial charge on any atom is -0.428 e. The number of carbonyl (C=O) groups is 4. The number of esters is 2. The Morgan fingerprint density at radius 1 is 0.925 bits per heavy atom. The number of amides is 2. The van der Waals surface area contributed by atoms with Gasteiger partial charge >= 0.3 is 11.9 Å². The van der Waals surface area contributed by atoms with Gasteiger partial charge in [-0.1, -0.05) is 44.2 Å². The Labute approximate surface area is 234 Å². The van der Waals surface area contributed by atoms with Gasteiger partial charge in [-0.05, 0) is 38.7 Å². The fourth-order valence-electron chi connectivity index (χ4n) is 3.51. The molecule has 13 heteroatoms. The van der Waals surface area contributed by atoms with Crippen molar-refractivity contribution in [1.29, 1.82) is 0 Å². The second kappa shape index (κ2) is 16.2. The van der Waals surface area contributed by atoms with Gasteiger partial charge in [0.1, 0.15) is 12.2 Å². The van der Waals surface area contributed by atoms with Crippen LogP contribution in [-0.2, 0) is 28.7 Å².